The first kappa shape index (κ1) is 15.0. The van der Waals surface area contributed by atoms with Crippen molar-refractivity contribution in [1.82, 2.24) is 4.90 Å². The zero-order chi connectivity index (χ0) is 14.5. The highest BCUT2D eigenvalue weighted by Gasteiger charge is 2.19. The van der Waals surface area contributed by atoms with E-state index >= 15 is 0 Å². The molecule has 0 atom stereocenters. The SMILES string of the molecule is Cc1cc(C)cc(CN2CCC(CCC(=O)O)CC2)c1. The summed E-state index contributed by atoms with van der Waals surface area (Å²) in [5, 5.41) is 8.73. The molecule has 2 rings (SSSR count). The third kappa shape index (κ3) is 4.64. The Balaban J connectivity index is 1.80. The standard InChI is InChI=1S/C17H25NO2/c1-13-9-14(2)11-16(10-13)12-18-7-5-15(6-8-18)3-4-17(19)20/h9-11,15H,3-8,12H2,1-2H3,(H,19,20). The highest BCUT2D eigenvalue weighted by molar-refractivity contribution is 5.66. The van der Waals surface area contributed by atoms with Crippen molar-refractivity contribution in [3.05, 3.63) is 34.9 Å². The summed E-state index contributed by atoms with van der Waals surface area (Å²) in [4.78, 5) is 13.1. The molecule has 1 fully saturated rings. The Morgan fingerprint density at radius 3 is 2.35 bits per heavy atom. The molecule has 0 bridgehead atoms. The molecule has 1 aromatic rings. The summed E-state index contributed by atoms with van der Waals surface area (Å²) >= 11 is 0. The van der Waals surface area contributed by atoms with Crippen LogP contribution in [0.25, 0.3) is 0 Å². The molecule has 0 aliphatic carbocycles. The summed E-state index contributed by atoms with van der Waals surface area (Å²) in [6.45, 7) is 7.51. The quantitative estimate of drug-likeness (QED) is 0.895. The van der Waals surface area contributed by atoms with Crippen LogP contribution in [0.1, 0.15) is 42.4 Å². The molecule has 0 spiro atoms. The fourth-order valence-electron chi connectivity index (χ4n) is 3.18. The minimum atomic E-state index is -0.664. The second kappa shape index (κ2) is 6.89. The van der Waals surface area contributed by atoms with Gasteiger partial charge in [0.05, 0.1) is 0 Å². The van der Waals surface area contributed by atoms with Gasteiger partial charge in [-0.1, -0.05) is 29.3 Å². The molecule has 110 valence electrons. The Hall–Kier alpha value is -1.35. The molecule has 0 unspecified atom stereocenters. The fraction of sp³-hybridized carbons (Fsp3) is 0.588. The van der Waals surface area contributed by atoms with Gasteiger partial charge in [-0.15, -0.1) is 0 Å². The lowest BCUT2D eigenvalue weighted by Crippen LogP contribution is -2.33. The number of carboxylic acid groups (broad SMARTS) is 1. The van der Waals surface area contributed by atoms with E-state index in [2.05, 4.69) is 36.9 Å². The van der Waals surface area contributed by atoms with Crippen LogP contribution in [0.4, 0.5) is 0 Å². The molecule has 0 radical (unpaired) electrons. The normalized spacial score (nSPS) is 17.3. The van der Waals surface area contributed by atoms with Gasteiger partial charge in [0, 0.05) is 13.0 Å². The number of rotatable bonds is 5. The number of carboxylic acids is 1. The van der Waals surface area contributed by atoms with Gasteiger partial charge in [0.1, 0.15) is 0 Å². The van der Waals surface area contributed by atoms with Gasteiger partial charge in [-0.25, -0.2) is 0 Å². The second-order valence-corrected chi connectivity index (χ2v) is 6.15. The van der Waals surface area contributed by atoms with Gasteiger partial charge in [0.15, 0.2) is 0 Å². The summed E-state index contributed by atoms with van der Waals surface area (Å²) in [6, 6.07) is 6.74. The van der Waals surface area contributed by atoms with Crippen molar-refractivity contribution >= 4 is 5.97 Å². The highest BCUT2D eigenvalue weighted by atomic mass is 16.4. The number of hydrogen-bond acceptors (Lipinski definition) is 2. The molecule has 0 amide bonds. The molecule has 1 aliphatic rings. The molecule has 1 aromatic carbocycles. The smallest absolute Gasteiger partial charge is 0.303 e. The third-order valence-corrected chi connectivity index (χ3v) is 4.16. The monoisotopic (exact) mass is 275 g/mol. The number of carbonyl (C=O) groups is 1. The van der Waals surface area contributed by atoms with Gasteiger partial charge >= 0.3 is 5.97 Å². The number of aryl methyl sites for hydroxylation is 2. The average molecular weight is 275 g/mol. The van der Waals surface area contributed by atoms with Crippen LogP contribution in [0.3, 0.4) is 0 Å². The van der Waals surface area contributed by atoms with Crippen molar-refractivity contribution < 1.29 is 9.90 Å². The lowest BCUT2D eigenvalue weighted by atomic mass is 9.92. The Labute approximate surface area is 121 Å². The van der Waals surface area contributed by atoms with Crippen molar-refractivity contribution in [1.29, 1.82) is 0 Å². The summed E-state index contributed by atoms with van der Waals surface area (Å²) in [6.07, 6.45) is 3.44. The van der Waals surface area contributed by atoms with E-state index in [0.29, 0.717) is 12.3 Å². The van der Waals surface area contributed by atoms with Gasteiger partial charge in [-0.05, 0) is 57.7 Å². The maximum absolute atomic E-state index is 10.6. The maximum Gasteiger partial charge on any atom is 0.303 e. The van der Waals surface area contributed by atoms with Crippen LogP contribution in [0, 0.1) is 19.8 Å². The van der Waals surface area contributed by atoms with Crippen LogP contribution in [-0.2, 0) is 11.3 Å². The van der Waals surface area contributed by atoms with Crippen molar-refractivity contribution in [2.24, 2.45) is 5.92 Å². The van der Waals surface area contributed by atoms with E-state index in [4.69, 9.17) is 5.11 Å². The molecule has 1 saturated heterocycles. The van der Waals surface area contributed by atoms with Crippen molar-refractivity contribution in [2.75, 3.05) is 13.1 Å². The first-order valence-corrected chi connectivity index (χ1v) is 7.54. The van der Waals surface area contributed by atoms with Crippen molar-refractivity contribution in [3.63, 3.8) is 0 Å². The van der Waals surface area contributed by atoms with Crippen LogP contribution in [0.15, 0.2) is 18.2 Å². The number of piperidine rings is 1. The van der Waals surface area contributed by atoms with Gasteiger partial charge in [0.2, 0.25) is 0 Å². The molecule has 1 heterocycles. The summed E-state index contributed by atoms with van der Waals surface area (Å²) in [5.41, 5.74) is 4.05. The molecule has 20 heavy (non-hydrogen) atoms. The van der Waals surface area contributed by atoms with Gasteiger partial charge < -0.3 is 5.11 Å². The van der Waals surface area contributed by atoms with Crippen molar-refractivity contribution in [2.45, 2.75) is 46.1 Å². The zero-order valence-electron chi connectivity index (χ0n) is 12.6. The second-order valence-electron chi connectivity index (χ2n) is 6.15. The van der Waals surface area contributed by atoms with E-state index in [-0.39, 0.29) is 0 Å². The van der Waals surface area contributed by atoms with Crippen LogP contribution in [0.5, 0.6) is 0 Å². The van der Waals surface area contributed by atoms with E-state index in [0.717, 1.165) is 38.9 Å². The van der Waals surface area contributed by atoms with E-state index in [1.165, 1.54) is 16.7 Å². The largest absolute Gasteiger partial charge is 0.481 e. The Morgan fingerprint density at radius 1 is 1.20 bits per heavy atom. The Morgan fingerprint density at radius 2 is 1.80 bits per heavy atom. The van der Waals surface area contributed by atoms with Crippen LogP contribution < -0.4 is 0 Å². The van der Waals surface area contributed by atoms with E-state index in [1.807, 2.05) is 0 Å². The number of nitrogens with zero attached hydrogens (tertiary/aromatic N) is 1. The molecule has 1 N–H and O–H groups in total. The highest BCUT2D eigenvalue weighted by Crippen LogP contribution is 2.23. The minimum Gasteiger partial charge on any atom is -0.481 e. The number of hydrogen-bond donors (Lipinski definition) is 1. The molecule has 3 nitrogen and oxygen atoms in total. The predicted molar refractivity (Wildman–Crippen MR) is 80.8 cm³/mol. The van der Waals surface area contributed by atoms with Crippen LogP contribution in [0.2, 0.25) is 0 Å². The third-order valence-electron chi connectivity index (χ3n) is 4.16. The minimum absolute atomic E-state index is 0.321. The van der Waals surface area contributed by atoms with Gasteiger partial charge in [-0.2, -0.15) is 0 Å². The summed E-state index contributed by atoms with van der Waals surface area (Å²) in [7, 11) is 0. The van der Waals surface area contributed by atoms with Crippen molar-refractivity contribution in [3.8, 4) is 0 Å². The fourth-order valence-corrected chi connectivity index (χ4v) is 3.18. The van der Waals surface area contributed by atoms with E-state index < -0.39 is 5.97 Å². The lowest BCUT2D eigenvalue weighted by molar-refractivity contribution is -0.137. The Kier molecular flexibility index (Phi) is 5.18. The maximum atomic E-state index is 10.6. The van der Waals surface area contributed by atoms with Gasteiger partial charge in [-0.3, -0.25) is 9.69 Å². The average Bonchev–Trinajstić information content (AvgIpc) is 2.36. The first-order chi connectivity index (χ1) is 9.52. The van der Waals surface area contributed by atoms with Gasteiger partial charge in [0.25, 0.3) is 0 Å². The molecule has 0 saturated carbocycles. The summed E-state index contributed by atoms with van der Waals surface area (Å²) in [5.74, 6) is -0.0655. The number of benzene rings is 1. The molecular weight excluding hydrogens is 250 g/mol. The number of likely N-dealkylation sites (tertiary alicyclic amines) is 1. The zero-order valence-corrected chi connectivity index (χ0v) is 12.6. The first-order valence-electron chi connectivity index (χ1n) is 7.54. The van der Waals surface area contributed by atoms with Crippen LogP contribution in [-0.4, -0.2) is 29.1 Å². The topological polar surface area (TPSA) is 40.5 Å². The molecule has 0 aromatic heterocycles. The van der Waals surface area contributed by atoms with E-state index in [9.17, 15) is 4.79 Å². The van der Waals surface area contributed by atoms with Crippen LogP contribution >= 0.6 is 0 Å². The predicted octanol–water partition coefficient (Wildman–Crippen LogP) is 3.38. The molecule has 3 heteroatoms. The molecule has 1 aliphatic heterocycles. The summed E-state index contributed by atoms with van der Waals surface area (Å²) < 4.78 is 0. The van der Waals surface area contributed by atoms with E-state index in [1.54, 1.807) is 0 Å². The lowest BCUT2D eigenvalue weighted by Gasteiger charge is -2.32. The number of aliphatic carboxylic acids is 1. The molecular formula is C17H25NO2. The Bertz CT molecular complexity index is 442.